The molecule has 0 saturated carbocycles. The first kappa shape index (κ1) is 13.6. The molecule has 0 spiro atoms. The van der Waals surface area contributed by atoms with E-state index in [1.807, 2.05) is 0 Å². The van der Waals surface area contributed by atoms with Gasteiger partial charge in [-0.05, 0) is 26.0 Å². The average Bonchev–Trinajstić information content (AvgIpc) is 2.62. The van der Waals surface area contributed by atoms with E-state index in [1.165, 1.54) is 12.1 Å². The van der Waals surface area contributed by atoms with Gasteiger partial charge < -0.3 is 20.9 Å². The highest BCUT2D eigenvalue weighted by Gasteiger charge is 2.38. The van der Waals surface area contributed by atoms with Crippen LogP contribution in [0.25, 0.3) is 0 Å². The number of halogens is 1. The highest BCUT2D eigenvalue weighted by molar-refractivity contribution is 5.64. The maximum Gasteiger partial charge on any atom is 0.404 e. The quantitative estimate of drug-likeness (QED) is 0.872. The van der Waals surface area contributed by atoms with Gasteiger partial charge >= 0.3 is 6.09 Å². The monoisotopic (exact) mass is 268 g/mol. The molecular formula is C13H17FN2O3. The van der Waals surface area contributed by atoms with Gasteiger partial charge in [0, 0.05) is 23.6 Å². The molecule has 5 nitrogen and oxygen atoms in total. The van der Waals surface area contributed by atoms with Gasteiger partial charge in [0.05, 0.1) is 0 Å². The molecule has 0 bridgehead atoms. The van der Waals surface area contributed by atoms with E-state index in [1.54, 1.807) is 13.8 Å². The van der Waals surface area contributed by atoms with E-state index in [4.69, 9.17) is 20.9 Å². The predicted molar refractivity (Wildman–Crippen MR) is 67.3 cm³/mol. The Balaban J connectivity index is 2.28. The number of carbonyl (C=O) groups is 1. The summed E-state index contributed by atoms with van der Waals surface area (Å²) in [6, 6.07) is 2.44. The molecule has 4 N–H and O–H groups in total. The lowest BCUT2D eigenvalue weighted by molar-refractivity contribution is 0.0314. The van der Waals surface area contributed by atoms with Crippen LogP contribution in [0.4, 0.5) is 9.18 Å². The number of nitrogens with two attached hydrogens (primary N) is 2. The van der Waals surface area contributed by atoms with Gasteiger partial charge in [0.2, 0.25) is 0 Å². The van der Waals surface area contributed by atoms with Gasteiger partial charge in [-0.25, -0.2) is 9.18 Å². The molecule has 0 saturated heterocycles. The first-order valence-electron chi connectivity index (χ1n) is 6.00. The SMILES string of the molecule is C[C@@H](N)c1cc(F)cc2c1O[C@@](C)(COC(N)=O)C2. The molecule has 0 fully saturated rings. The molecule has 1 aliphatic heterocycles. The summed E-state index contributed by atoms with van der Waals surface area (Å²) in [5, 5.41) is 0. The third kappa shape index (κ3) is 2.78. The minimum Gasteiger partial charge on any atom is -0.483 e. The van der Waals surface area contributed by atoms with E-state index >= 15 is 0 Å². The number of hydrogen-bond donors (Lipinski definition) is 2. The Morgan fingerprint density at radius 1 is 1.63 bits per heavy atom. The molecule has 1 aliphatic rings. The van der Waals surface area contributed by atoms with E-state index in [9.17, 15) is 9.18 Å². The molecule has 1 aromatic rings. The lowest BCUT2D eigenvalue weighted by atomic mass is 9.98. The largest absolute Gasteiger partial charge is 0.483 e. The van der Waals surface area contributed by atoms with Crippen LogP contribution < -0.4 is 16.2 Å². The Morgan fingerprint density at radius 2 is 2.32 bits per heavy atom. The second-order valence-corrected chi connectivity index (χ2v) is 5.11. The van der Waals surface area contributed by atoms with Gasteiger partial charge in [-0.3, -0.25) is 0 Å². The molecule has 6 heteroatoms. The van der Waals surface area contributed by atoms with Gasteiger partial charge in [0.1, 0.15) is 23.8 Å². The van der Waals surface area contributed by atoms with Crippen molar-refractivity contribution in [2.24, 2.45) is 11.5 Å². The molecule has 1 aromatic carbocycles. The number of fused-ring (bicyclic) bond motifs is 1. The number of primary amides is 1. The minimum atomic E-state index is -0.862. The van der Waals surface area contributed by atoms with Crippen molar-refractivity contribution in [1.82, 2.24) is 0 Å². The summed E-state index contributed by atoms with van der Waals surface area (Å²) < 4.78 is 24.1. The fourth-order valence-corrected chi connectivity index (χ4v) is 2.26. The van der Waals surface area contributed by atoms with Crippen molar-refractivity contribution in [2.45, 2.75) is 31.9 Å². The first-order chi connectivity index (χ1) is 8.81. The maximum absolute atomic E-state index is 13.5. The maximum atomic E-state index is 13.5. The Morgan fingerprint density at radius 3 is 2.89 bits per heavy atom. The van der Waals surface area contributed by atoms with Crippen LogP contribution in [-0.2, 0) is 11.2 Å². The summed E-state index contributed by atoms with van der Waals surface area (Å²) in [5.41, 5.74) is 11.3. The van der Waals surface area contributed by atoms with E-state index in [-0.39, 0.29) is 18.5 Å². The Bertz CT molecular complexity index is 519. The summed E-state index contributed by atoms with van der Waals surface area (Å²) in [6.07, 6.45) is -0.424. The second kappa shape index (κ2) is 4.70. The minimum absolute atomic E-state index is 0.0109. The van der Waals surface area contributed by atoms with Crippen LogP contribution in [-0.4, -0.2) is 18.3 Å². The smallest absolute Gasteiger partial charge is 0.404 e. The van der Waals surface area contributed by atoms with Crippen molar-refractivity contribution in [3.63, 3.8) is 0 Å². The molecule has 0 aliphatic carbocycles. The molecular weight excluding hydrogens is 251 g/mol. The van der Waals surface area contributed by atoms with Crippen LogP contribution in [0.1, 0.15) is 31.0 Å². The highest BCUT2D eigenvalue weighted by Crippen LogP contribution is 2.40. The van der Waals surface area contributed by atoms with Gasteiger partial charge in [-0.2, -0.15) is 0 Å². The van der Waals surface area contributed by atoms with Crippen LogP contribution in [0, 0.1) is 5.82 Å². The van der Waals surface area contributed by atoms with Crippen molar-refractivity contribution < 1.29 is 18.7 Å². The van der Waals surface area contributed by atoms with Crippen LogP contribution in [0.15, 0.2) is 12.1 Å². The third-order valence-corrected chi connectivity index (χ3v) is 3.08. The molecule has 2 atom stereocenters. The third-order valence-electron chi connectivity index (χ3n) is 3.08. The number of carbonyl (C=O) groups excluding carboxylic acids is 1. The Labute approximate surface area is 110 Å². The first-order valence-corrected chi connectivity index (χ1v) is 6.00. The van der Waals surface area contributed by atoms with Gasteiger partial charge in [-0.15, -0.1) is 0 Å². The molecule has 1 amide bonds. The van der Waals surface area contributed by atoms with E-state index in [0.29, 0.717) is 17.7 Å². The fourth-order valence-electron chi connectivity index (χ4n) is 2.26. The van der Waals surface area contributed by atoms with Crippen LogP contribution in [0.3, 0.4) is 0 Å². The summed E-state index contributed by atoms with van der Waals surface area (Å²) in [4.78, 5) is 10.7. The number of hydrogen-bond acceptors (Lipinski definition) is 4. The fraction of sp³-hybridized carbons (Fsp3) is 0.462. The molecule has 19 heavy (non-hydrogen) atoms. The van der Waals surface area contributed by atoms with E-state index < -0.39 is 11.7 Å². The summed E-state index contributed by atoms with van der Waals surface area (Å²) in [6.45, 7) is 3.55. The zero-order valence-electron chi connectivity index (χ0n) is 10.9. The van der Waals surface area contributed by atoms with Crippen molar-refractivity contribution in [3.8, 4) is 5.75 Å². The molecule has 0 radical (unpaired) electrons. The van der Waals surface area contributed by atoms with Crippen molar-refractivity contribution in [2.75, 3.05) is 6.61 Å². The number of ether oxygens (including phenoxy) is 2. The Hall–Kier alpha value is -1.82. The summed E-state index contributed by atoms with van der Waals surface area (Å²) in [7, 11) is 0. The zero-order chi connectivity index (χ0) is 14.2. The number of amides is 1. The van der Waals surface area contributed by atoms with Crippen LogP contribution in [0.2, 0.25) is 0 Å². The van der Waals surface area contributed by atoms with Crippen LogP contribution in [0.5, 0.6) is 5.75 Å². The molecule has 0 aromatic heterocycles. The molecule has 104 valence electrons. The van der Waals surface area contributed by atoms with Gasteiger partial charge in [0.15, 0.2) is 0 Å². The van der Waals surface area contributed by atoms with Crippen molar-refractivity contribution in [1.29, 1.82) is 0 Å². The van der Waals surface area contributed by atoms with Gasteiger partial charge in [0.25, 0.3) is 0 Å². The molecule has 2 rings (SSSR count). The number of rotatable bonds is 3. The van der Waals surface area contributed by atoms with Crippen LogP contribution >= 0.6 is 0 Å². The van der Waals surface area contributed by atoms with Crippen molar-refractivity contribution >= 4 is 6.09 Å². The lowest BCUT2D eigenvalue weighted by Gasteiger charge is -2.23. The number of benzene rings is 1. The van der Waals surface area contributed by atoms with E-state index in [0.717, 1.165) is 5.56 Å². The molecule has 1 heterocycles. The second-order valence-electron chi connectivity index (χ2n) is 5.11. The summed E-state index contributed by atoms with van der Waals surface area (Å²) >= 11 is 0. The summed E-state index contributed by atoms with van der Waals surface area (Å²) in [5.74, 6) is 0.224. The highest BCUT2D eigenvalue weighted by atomic mass is 19.1. The zero-order valence-corrected chi connectivity index (χ0v) is 10.9. The molecule has 0 unspecified atom stereocenters. The predicted octanol–water partition coefficient (Wildman–Crippen LogP) is 1.63. The normalized spacial score (nSPS) is 22.5. The van der Waals surface area contributed by atoms with Crippen molar-refractivity contribution in [3.05, 3.63) is 29.1 Å². The average molecular weight is 268 g/mol. The Kier molecular flexibility index (Phi) is 3.36. The van der Waals surface area contributed by atoms with E-state index in [2.05, 4.69) is 0 Å². The standard InChI is InChI=1S/C13H17FN2O3/c1-7(15)10-4-9(14)3-8-5-13(2,19-11(8)10)6-18-12(16)17/h3-4,7H,5-6,15H2,1-2H3,(H2,16,17)/t7-,13-/m1/s1. The lowest BCUT2D eigenvalue weighted by Crippen LogP contribution is -2.38. The van der Waals surface area contributed by atoms with Gasteiger partial charge in [-0.1, -0.05) is 0 Å². The topological polar surface area (TPSA) is 87.6 Å².